The van der Waals surface area contributed by atoms with Crippen molar-refractivity contribution in [1.82, 2.24) is 10.2 Å². The third-order valence-corrected chi connectivity index (χ3v) is 5.86. The first-order valence-electron chi connectivity index (χ1n) is 10.1. The molecule has 0 saturated heterocycles. The molecule has 2 amide bonds. The minimum Gasteiger partial charge on any atom is -0.325 e. The van der Waals surface area contributed by atoms with E-state index in [9.17, 15) is 9.59 Å². The Bertz CT molecular complexity index is 631. The van der Waals surface area contributed by atoms with Gasteiger partial charge in [-0.3, -0.25) is 4.79 Å². The smallest absolute Gasteiger partial charge is 0.321 e. The van der Waals surface area contributed by atoms with Gasteiger partial charge in [0, 0.05) is 35.8 Å². The number of Topliss-reactive ketones (excluding diaryl/α,β-unsaturated/α-hetero) is 1. The zero-order valence-corrected chi connectivity index (χ0v) is 17.5. The van der Waals surface area contributed by atoms with Crippen molar-refractivity contribution < 1.29 is 9.59 Å². The van der Waals surface area contributed by atoms with Crippen LogP contribution in [0, 0.1) is 5.41 Å². The number of hydrogen-bond acceptors (Lipinski definition) is 3. The summed E-state index contributed by atoms with van der Waals surface area (Å²) in [7, 11) is 3.87. The fourth-order valence-electron chi connectivity index (χ4n) is 3.96. The summed E-state index contributed by atoms with van der Waals surface area (Å²) in [6, 6.07) is 8.03. The number of amides is 2. The molecule has 1 aliphatic carbocycles. The number of nitrogens with one attached hydrogen (secondary N) is 2. The predicted molar refractivity (Wildman–Crippen MR) is 111 cm³/mol. The lowest BCUT2D eigenvalue weighted by Crippen LogP contribution is -2.44. The molecule has 0 aliphatic heterocycles. The minimum atomic E-state index is -0.355. The second-order valence-corrected chi connectivity index (χ2v) is 8.38. The summed E-state index contributed by atoms with van der Waals surface area (Å²) in [5, 5.41) is 6.27. The lowest BCUT2D eigenvalue weighted by molar-refractivity contribution is 0.0825. The Hall–Kier alpha value is -1.88. The second kappa shape index (κ2) is 9.36. The third-order valence-electron chi connectivity index (χ3n) is 5.86. The molecule has 27 heavy (non-hydrogen) atoms. The van der Waals surface area contributed by atoms with E-state index in [1.807, 2.05) is 57.1 Å². The summed E-state index contributed by atoms with van der Waals surface area (Å²) in [6.45, 7) is 6.08. The molecule has 0 atom stereocenters. The molecule has 0 radical (unpaired) electrons. The third kappa shape index (κ3) is 5.55. The Morgan fingerprint density at radius 3 is 2.22 bits per heavy atom. The Balaban J connectivity index is 1.94. The van der Waals surface area contributed by atoms with Crippen LogP contribution in [-0.4, -0.2) is 42.9 Å². The van der Waals surface area contributed by atoms with E-state index in [2.05, 4.69) is 17.6 Å². The van der Waals surface area contributed by atoms with E-state index < -0.39 is 0 Å². The maximum absolute atomic E-state index is 12.7. The number of rotatable bonds is 7. The summed E-state index contributed by atoms with van der Waals surface area (Å²) in [5.41, 5.74) is 1.07. The average molecular weight is 374 g/mol. The lowest BCUT2D eigenvalue weighted by atomic mass is 9.80. The zero-order chi connectivity index (χ0) is 20.0. The van der Waals surface area contributed by atoms with Gasteiger partial charge < -0.3 is 15.5 Å². The topological polar surface area (TPSA) is 61.4 Å². The molecule has 0 aromatic heterocycles. The van der Waals surface area contributed by atoms with Crippen LogP contribution in [0.1, 0.15) is 69.7 Å². The molecule has 0 heterocycles. The summed E-state index contributed by atoms with van der Waals surface area (Å²) in [5.74, 6) is 0.153. The van der Waals surface area contributed by atoms with Crippen LogP contribution in [0.5, 0.6) is 0 Å². The van der Waals surface area contributed by atoms with Crippen molar-refractivity contribution in [2.24, 2.45) is 5.41 Å². The molecule has 1 saturated carbocycles. The Morgan fingerprint density at radius 1 is 1.11 bits per heavy atom. The van der Waals surface area contributed by atoms with Crippen molar-refractivity contribution >= 4 is 17.5 Å². The highest BCUT2D eigenvalue weighted by Gasteiger charge is 2.28. The number of anilines is 1. The van der Waals surface area contributed by atoms with Crippen LogP contribution in [0.2, 0.25) is 0 Å². The number of nitrogens with zero attached hydrogens (tertiary/aromatic N) is 1. The molecule has 2 N–H and O–H groups in total. The summed E-state index contributed by atoms with van der Waals surface area (Å²) in [6.07, 6.45) is 6.09. The summed E-state index contributed by atoms with van der Waals surface area (Å²) >= 11 is 0. The van der Waals surface area contributed by atoms with Crippen LogP contribution >= 0.6 is 0 Å². The number of hydrogen-bond donors (Lipinski definition) is 2. The molecule has 1 aromatic rings. The van der Waals surface area contributed by atoms with Gasteiger partial charge in [0.05, 0.1) is 0 Å². The standard InChI is InChI=1S/C22H35N3O2/c1-6-15-22(2,3)20(26)16-7-9-18(10-8-16)24-21(27)25(5)19-13-11-17(23-4)12-14-19/h7-10,17,19,23H,6,11-15H2,1-5H3,(H,24,27). The minimum absolute atomic E-state index is 0.0895. The highest BCUT2D eigenvalue weighted by atomic mass is 16.2. The molecule has 1 aliphatic rings. The first-order chi connectivity index (χ1) is 12.8. The zero-order valence-electron chi connectivity index (χ0n) is 17.5. The predicted octanol–water partition coefficient (Wildman–Crippen LogP) is 4.69. The monoisotopic (exact) mass is 373 g/mol. The fourth-order valence-corrected chi connectivity index (χ4v) is 3.96. The van der Waals surface area contributed by atoms with Crippen LogP contribution in [0.25, 0.3) is 0 Å². The Labute approximate surface area is 163 Å². The molecule has 1 aromatic carbocycles. The number of benzene rings is 1. The molecule has 150 valence electrons. The molecule has 0 spiro atoms. The molecule has 5 nitrogen and oxygen atoms in total. The SMILES string of the molecule is CCCC(C)(C)C(=O)c1ccc(NC(=O)N(C)C2CCC(NC)CC2)cc1. The van der Waals surface area contributed by atoms with Crippen LogP contribution in [0.15, 0.2) is 24.3 Å². The summed E-state index contributed by atoms with van der Waals surface area (Å²) < 4.78 is 0. The molecule has 5 heteroatoms. The number of urea groups is 1. The molecular formula is C22H35N3O2. The number of ketones is 1. The van der Waals surface area contributed by atoms with Gasteiger partial charge in [0.2, 0.25) is 0 Å². The van der Waals surface area contributed by atoms with Crippen molar-refractivity contribution in [1.29, 1.82) is 0 Å². The van der Waals surface area contributed by atoms with E-state index >= 15 is 0 Å². The highest BCUT2D eigenvalue weighted by molar-refractivity contribution is 6.00. The van der Waals surface area contributed by atoms with Crippen molar-refractivity contribution in [3.05, 3.63) is 29.8 Å². The molecular weight excluding hydrogens is 338 g/mol. The number of carbonyl (C=O) groups is 2. The lowest BCUT2D eigenvalue weighted by Gasteiger charge is -2.34. The van der Waals surface area contributed by atoms with E-state index in [-0.39, 0.29) is 23.3 Å². The van der Waals surface area contributed by atoms with Gasteiger partial charge >= 0.3 is 6.03 Å². The van der Waals surface area contributed by atoms with Crippen LogP contribution < -0.4 is 10.6 Å². The number of carbonyl (C=O) groups excluding carboxylic acids is 2. The quantitative estimate of drug-likeness (QED) is 0.682. The van der Waals surface area contributed by atoms with Gasteiger partial charge in [-0.1, -0.05) is 27.2 Å². The Kier molecular flexibility index (Phi) is 7.42. The van der Waals surface area contributed by atoms with Crippen LogP contribution in [0.4, 0.5) is 10.5 Å². The van der Waals surface area contributed by atoms with Gasteiger partial charge in [-0.15, -0.1) is 0 Å². The van der Waals surface area contributed by atoms with E-state index in [1.54, 1.807) is 0 Å². The van der Waals surface area contributed by atoms with Crippen molar-refractivity contribution in [3.63, 3.8) is 0 Å². The Morgan fingerprint density at radius 2 is 1.70 bits per heavy atom. The average Bonchev–Trinajstić information content (AvgIpc) is 2.67. The van der Waals surface area contributed by atoms with Crippen LogP contribution in [-0.2, 0) is 0 Å². The van der Waals surface area contributed by atoms with Gasteiger partial charge in [-0.2, -0.15) is 0 Å². The van der Waals surface area contributed by atoms with Crippen molar-refractivity contribution in [3.8, 4) is 0 Å². The largest absolute Gasteiger partial charge is 0.325 e. The molecule has 0 bridgehead atoms. The molecule has 1 fully saturated rings. The van der Waals surface area contributed by atoms with E-state index in [4.69, 9.17) is 0 Å². The van der Waals surface area contributed by atoms with E-state index in [0.29, 0.717) is 11.6 Å². The van der Waals surface area contributed by atoms with Crippen molar-refractivity contribution in [2.75, 3.05) is 19.4 Å². The summed E-state index contributed by atoms with van der Waals surface area (Å²) in [4.78, 5) is 27.0. The first-order valence-corrected chi connectivity index (χ1v) is 10.1. The first kappa shape index (κ1) is 21.4. The highest BCUT2D eigenvalue weighted by Crippen LogP contribution is 2.28. The van der Waals surface area contributed by atoms with Gasteiger partial charge in [0.1, 0.15) is 0 Å². The maximum Gasteiger partial charge on any atom is 0.321 e. The van der Waals surface area contributed by atoms with Gasteiger partial charge in [-0.25, -0.2) is 4.79 Å². The fraction of sp³-hybridized carbons (Fsp3) is 0.636. The van der Waals surface area contributed by atoms with E-state index in [1.165, 1.54) is 0 Å². The van der Waals surface area contributed by atoms with Crippen LogP contribution in [0.3, 0.4) is 0 Å². The van der Waals surface area contributed by atoms with Gasteiger partial charge in [0.15, 0.2) is 5.78 Å². The molecule has 0 unspecified atom stereocenters. The van der Waals surface area contributed by atoms with Gasteiger partial charge in [0.25, 0.3) is 0 Å². The second-order valence-electron chi connectivity index (χ2n) is 8.38. The van der Waals surface area contributed by atoms with Gasteiger partial charge in [-0.05, 0) is 63.4 Å². The maximum atomic E-state index is 12.7. The van der Waals surface area contributed by atoms with Crippen molar-refractivity contribution in [2.45, 2.75) is 71.4 Å². The normalized spacial score (nSPS) is 20.2. The molecule has 2 rings (SSSR count). The van der Waals surface area contributed by atoms with E-state index in [0.717, 1.165) is 44.2 Å².